The summed E-state index contributed by atoms with van der Waals surface area (Å²) < 4.78 is 29.7. The van der Waals surface area contributed by atoms with Gasteiger partial charge in [-0.15, -0.1) is 0 Å². The molecule has 7 nitrogen and oxygen atoms in total. The van der Waals surface area contributed by atoms with Gasteiger partial charge in [-0.1, -0.05) is 47.6 Å². The third kappa shape index (κ3) is 7.17. The number of hydrogen-bond donors (Lipinski definition) is 0. The molecule has 2 aromatic rings. The zero-order valence-corrected chi connectivity index (χ0v) is 28.9. The molecule has 0 N–H and O–H groups in total. The van der Waals surface area contributed by atoms with Gasteiger partial charge in [0.2, 0.25) is 0 Å². The molecule has 2 atom stereocenters. The molecule has 3 rings (SSSR count). The zero-order valence-electron chi connectivity index (χ0n) is 26.9. The van der Waals surface area contributed by atoms with Crippen molar-refractivity contribution in [1.82, 2.24) is 0 Å². The van der Waals surface area contributed by atoms with Crippen LogP contribution >= 0.6 is 0 Å². The highest BCUT2D eigenvalue weighted by molar-refractivity contribution is 6.75. The van der Waals surface area contributed by atoms with Gasteiger partial charge in [0.1, 0.15) is 18.1 Å². The van der Waals surface area contributed by atoms with Gasteiger partial charge >= 0.3 is 5.97 Å². The van der Waals surface area contributed by atoms with Gasteiger partial charge in [0.05, 0.1) is 26.1 Å². The smallest absolute Gasteiger partial charge is 0.310 e. The zero-order chi connectivity index (χ0) is 31.0. The van der Waals surface area contributed by atoms with Crippen LogP contribution in [0.4, 0.5) is 0 Å². The molecule has 0 unspecified atom stereocenters. The number of cyclic esters (lactones) is 1. The monoisotopic (exact) mass is 600 g/mol. The average Bonchev–Trinajstić information content (AvgIpc) is 3.21. The van der Waals surface area contributed by atoms with E-state index in [2.05, 4.69) is 67.7 Å². The fourth-order valence-electron chi connectivity index (χ4n) is 4.20. The molecule has 2 aromatic carbocycles. The summed E-state index contributed by atoms with van der Waals surface area (Å²) in [6.45, 7) is 21.7. The van der Waals surface area contributed by atoms with Crippen LogP contribution in [0.1, 0.15) is 57.5 Å². The number of ketones is 1. The number of benzene rings is 2. The lowest BCUT2D eigenvalue weighted by Gasteiger charge is -2.37. The number of Topliss-reactive ketones (excluding diaryl/α,β-unsaturated/α-hetero) is 1. The summed E-state index contributed by atoms with van der Waals surface area (Å²) in [7, 11) is -1.12. The van der Waals surface area contributed by atoms with Crippen LogP contribution in [-0.2, 0) is 16.0 Å². The van der Waals surface area contributed by atoms with Crippen molar-refractivity contribution in [3.8, 4) is 23.0 Å². The van der Waals surface area contributed by atoms with Gasteiger partial charge in [-0.2, -0.15) is 0 Å². The molecule has 0 amide bonds. The summed E-state index contributed by atoms with van der Waals surface area (Å²) in [6.07, 6.45) is 0.358. The fraction of sp³-hybridized carbons (Fsp3) is 0.562. The van der Waals surface area contributed by atoms with Gasteiger partial charge in [-0.25, -0.2) is 0 Å². The van der Waals surface area contributed by atoms with Crippen molar-refractivity contribution in [2.45, 2.75) is 84.2 Å². The molecule has 0 bridgehead atoms. The molecule has 1 saturated heterocycles. The highest BCUT2D eigenvalue weighted by Gasteiger charge is 2.43. The molecular formula is C32H48O7Si2. The summed E-state index contributed by atoms with van der Waals surface area (Å²) in [4.78, 5) is 26.7. The van der Waals surface area contributed by atoms with Gasteiger partial charge in [0.25, 0.3) is 16.6 Å². The summed E-state index contributed by atoms with van der Waals surface area (Å²) >= 11 is 0. The predicted molar refractivity (Wildman–Crippen MR) is 168 cm³/mol. The molecule has 9 heteroatoms. The number of carbonyl (C=O) groups excluding carboxylic acids is 2. The SMILES string of the molecule is COc1ccc(C[C@H]2C(=O)OC[C@@H]2C(=O)c2ccc(OC)c(O[Si](C)(C)C(C)(C)C)c2)cc1O[Si](C)(C)C(C)(C)C. The van der Waals surface area contributed by atoms with Crippen molar-refractivity contribution in [3.05, 3.63) is 47.5 Å². The van der Waals surface area contributed by atoms with Crippen LogP contribution in [0.5, 0.6) is 23.0 Å². The van der Waals surface area contributed by atoms with Crippen molar-refractivity contribution in [1.29, 1.82) is 0 Å². The maximum atomic E-state index is 13.8. The van der Waals surface area contributed by atoms with Crippen LogP contribution in [0.2, 0.25) is 36.3 Å². The predicted octanol–water partition coefficient (Wildman–Crippen LogP) is 7.69. The second-order valence-corrected chi connectivity index (χ2v) is 23.4. The number of carbonyl (C=O) groups is 2. The van der Waals surface area contributed by atoms with Crippen LogP contribution < -0.4 is 18.3 Å². The highest BCUT2D eigenvalue weighted by atomic mass is 28.4. The molecule has 1 aliphatic rings. The minimum atomic E-state index is -2.19. The Morgan fingerprint density at radius 1 is 0.805 bits per heavy atom. The lowest BCUT2D eigenvalue weighted by atomic mass is 9.84. The molecule has 0 spiro atoms. The van der Waals surface area contributed by atoms with Gasteiger partial charge in [-0.05, 0) is 78.6 Å². The fourth-order valence-corrected chi connectivity index (χ4v) is 6.24. The normalized spacial score (nSPS) is 18.1. The lowest BCUT2D eigenvalue weighted by molar-refractivity contribution is -0.141. The highest BCUT2D eigenvalue weighted by Crippen LogP contribution is 2.42. The van der Waals surface area contributed by atoms with E-state index >= 15 is 0 Å². The Balaban J connectivity index is 1.90. The van der Waals surface area contributed by atoms with Crippen LogP contribution in [0.15, 0.2) is 36.4 Å². The van der Waals surface area contributed by atoms with Crippen LogP contribution in [0.25, 0.3) is 0 Å². The Kier molecular flexibility index (Phi) is 9.45. The first kappa shape index (κ1) is 32.7. The van der Waals surface area contributed by atoms with E-state index in [4.69, 9.17) is 23.1 Å². The van der Waals surface area contributed by atoms with E-state index in [0.29, 0.717) is 35.0 Å². The Bertz CT molecular complexity index is 1270. The largest absolute Gasteiger partial charge is 0.541 e. The van der Waals surface area contributed by atoms with Gasteiger partial charge in [-0.3, -0.25) is 9.59 Å². The van der Waals surface area contributed by atoms with Gasteiger partial charge in [0, 0.05) is 5.56 Å². The second kappa shape index (κ2) is 11.8. The number of hydrogen-bond acceptors (Lipinski definition) is 7. The number of rotatable bonds is 10. The first-order valence-electron chi connectivity index (χ1n) is 14.2. The topological polar surface area (TPSA) is 80.3 Å². The Hall–Kier alpha value is -2.79. The third-order valence-electron chi connectivity index (χ3n) is 9.00. The molecule has 0 aromatic heterocycles. The first-order chi connectivity index (χ1) is 18.8. The maximum Gasteiger partial charge on any atom is 0.310 e. The molecule has 1 aliphatic heterocycles. The summed E-state index contributed by atoms with van der Waals surface area (Å²) in [5.74, 6) is 0.712. The Morgan fingerprint density at radius 3 is 1.78 bits per heavy atom. The average molecular weight is 601 g/mol. The van der Waals surface area contributed by atoms with Crippen molar-refractivity contribution >= 4 is 28.4 Å². The molecule has 1 fully saturated rings. The van der Waals surface area contributed by atoms with E-state index in [1.54, 1.807) is 32.4 Å². The molecule has 226 valence electrons. The third-order valence-corrected chi connectivity index (χ3v) is 17.7. The minimum absolute atomic E-state index is 0.00626. The van der Waals surface area contributed by atoms with Crippen molar-refractivity contribution in [2.75, 3.05) is 20.8 Å². The Morgan fingerprint density at radius 2 is 1.29 bits per heavy atom. The van der Waals surface area contributed by atoms with Crippen molar-refractivity contribution in [2.24, 2.45) is 11.8 Å². The summed E-state index contributed by atoms with van der Waals surface area (Å²) in [5.41, 5.74) is 1.36. The van der Waals surface area contributed by atoms with Crippen LogP contribution in [-0.4, -0.2) is 49.2 Å². The van der Waals surface area contributed by atoms with Crippen LogP contribution in [0.3, 0.4) is 0 Å². The molecule has 41 heavy (non-hydrogen) atoms. The van der Waals surface area contributed by atoms with E-state index in [0.717, 1.165) is 5.56 Å². The quantitative estimate of drug-likeness (QED) is 0.157. The van der Waals surface area contributed by atoms with Gasteiger partial charge < -0.3 is 23.1 Å². The number of methoxy groups -OCH3 is 2. The lowest BCUT2D eigenvalue weighted by Crippen LogP contribution is -2.44. The van der Waals surface area contributed by atoms with E-state index in [1.165, 1.54) is 0 Å². The minimum Gasteiger partial charge on any atom is -0.541 e. The maximum absolute atomic E-state index is 13.8. The molecule has 0 radical (unpaired) electrons. The summed E-state index contributed by atoms with van der Waals surface area (Å²) in [5, 5.41) is -0.0212. The molecule has 0 saturated carbocycles. The van der Waals surface area contributed by atoms with E-state index < -0.39 is 28.5 Å². The standard InChI is InChI=1S/C32H48O7Si2/c1-31(2,3)40(9,10)38-27-18-21(13-15-25(27)35-7)17-23-24(20-37-30(23)34)29(33)22-14-16-26(36-8)28(19-22)39-41(11,12)32(4,5)6/h13-16,18-19,23-24H,17,20H2,1-12H3/t23-,24+/m1/s1. The van der Waals surface area contributed by atoms with E-state index in [-0.39, 0.29) is 28.4 Å². The molecule has 0 aliphatic carbocycles. The summed E-state index contributed by atoms with van der Waals surface area (Å²) in [6, 6.07) is 11.0. The first-order valence-corrected chi connectivity index (χ1v) is 20.1. The second-order valence-electron chi connectivity index (χ2n) is 14.0. The van der Waals surface area contributed by atoms with Crippen molar-refractivity contribution in [3.63, 3.8) is 0 Å². The Labute approximate surface area is 248 Å². The van der Waals surface area contributed by atoms with Crippen molar-refractivity contribution < 1.29 is 32.7 Å². The van der Waals surface area contributed by atoms with E-state index in [9.17, 15) is 9.59 Å². The number of ether oxygens (including phenoxy) is 3. The van der Waals surface area contributed by atoms with Crippen LogP contribution in [0, 0.1) is 11.8 Å². The molecule has 1 heterocycles. The molecular weight excluding hydrogens is 553 g/mol. The van der Waals surface area contributed by atoms with Gasteiger partial charge in [0.15, 0.2) is 17.3 Å². The number of esters is 1. The van der Waals surface area contributed by atoms with E-state index in [1.807, 2.05) is 18.2 Å².